The van der Waals surface area contributed by atoms with E-state index in [1.165, 1.54) is 6.08 Å². The van der Waals surface area contributed by atoms with Crippen LogP contribution >= 0.6 is 12.6 Å². The molecule has 0 bridgehead atoms. The van der Waals surface area contributed by atoms with Crippen molar-refractivity contribution in [3.05, 3.63) is 63.7 Å². The zero-order valence-corrected chi connectivity index (χ0v) is 16.7. The number of esters is 1. The molecule has 8 heteroatoms. The average molecular weight is 394 g/mol. The van der Waals surface area contributed by atoms with Crippen LogP contribution in [0.4, 0.5) is 5.69 Å². The lowest BCUT2D eigenvalue weighted by Gasteiger charge is -2.25. The minimum atomic E-state index is -2.26. The Labute approximate surface area is 165 Å². The van der Waals surface area contributed by atoms with Gasteiger partial charge in [0.2, 0.25) is 0 Å². The summed E-state index contributed by atoms with van der Waals surface area (Å²) < 4.78 is 5.24. The van der Waals surface area contributed by atoms with Crippen molar-refractivity contribution in [3.63, 3.8) is 0 Å². The van der Waals surface area contributed by atoms with Gasteiger partial charge in [0.1, 0.15) is 6.04 Å². The predicted octanol–water partition coefficient (Wildman–Crippen LogP) is 3.52. The fourth-order valence-electron chi connectivity index (χ4n) is 2.25. The molecule has 3 N–H and O–H groups in total. The summed E-state index contributed by atoms with van der Waals surface area (Å²) in [7, 11) is 0. The van der Waals surface area contributed by atoms with Gasteiger partial charge in [0, 0.05) is 11.4 Å². The van der Waals surface area contributed by atoms with Gasteiger partial charge in [-0.1, -0.05) is 35.4 Å². The molecule has 0 radical (unpaired) electrons. The van der Waals surface area contributed by atoms with Crippen LogP contribution < -0.4 is 11.1 Å². The van der Waals surface area contributed by atoms with Crippen molar-refractivity contribution in [1.82, 2.24) is 0 Å². The van der Waals surface area contributed by atoms with Gasteiger partial charge in [0.15, 0.2) is 0 Å². The van der Waals surface area contributed by atoms with Gasteiger partial charge in [-0.2, -0.15) is 12.6 Å². The first kappa shape index (κ1) is 22.7. The van der Waals surface area contributed by atoms with E-state index in [1.54, 1.807) is 37.3 Å². The smallest absolute Gasteiger partial charge is 0.373 e. The molecule has 1 rings (SSSR count). The number of nitrogens with zero attached hydrogens (tertiary/aromatic N) is 1. The molecule has 0 aliphatic heterocycles. The predicted molar refractivity (Wildman–Crippen MR) is 110 cm³/mol. The van der Waals surface area contributed by atoms with Gasteiger partial charge in [-0.25, -0.2) is 0 Å². The largest absolute Gasteiger partial charge is 0.471 e. The van der Waals surface area contributed by atoms with Gasteiger partial charge in [-0.3, -0.25) is 20.2 Å². The van der Waals surface area contributed by atoms with Crippen molar-refractivity contribution in [2.75, 3.05) is 11.1 Å². The number of para-hydroxylation sites is 1. The summed E-state index contributed by atoms with van der Waals surface area (Å²) in [5.74, 6) is -3.14. The fraction of sp³-hybridized carbons (Fsp3) is 0.421. The van der Waals surface area contributed by atoms with E-state index in [2.05, 4.69) is 17.9 Å². The lowest BCUT2D eigenvalue weighted by molar-refractivity contribution is -0.596. The minimum Gasteiger partial charge on any atom is -0.373 e. The van der Waals surface area contributed by atoms with Crippen LogP contribution in [0.25, 0.3) is 0 Å². The van der Waals surface area contributed by atoms with Crippen molar-refractivity contribution >= 4 is 24.3 Å². The SMILES string of the molecule is CC(C)=CCCC(C)=CC(Nc1ccccc1)(OC(=O)[C@@H](N)CS)[N+](=O)[O-]. The molecule has 7 nitrogen and oxygen atoms in total. The van der Waals surface area contributed by atoms with Crippen molar-refractivity contribution in [2.45, 2.75) is 45.5 Å². The summed E-state index contributed by atoms with van der Waals surface area (Å²) >= 11 is 3.95. The molecule has 0 amide bonds. The van der Waals surface area contributed by atoms with Crippen LogP contribution in [0.15, 0.2) is 53.6 Å². The third-order valence-corrected chi connectivity index (χ3v) is 4.05. The van der Waals surface area contributed by atoms with E-state index in [1.807, 2.05) is 19.9 Å². The molecule has 2 atom stereocenters. The maximum Gasteiger partial charge on any atom is 0.471 e. The molecule has 1 aromatic rings. The summed E-state index contributed by atoms with van der Waals surface area (Å²) in [6, 6.07) is 7.46. The van der Waals surface area contributed by atoms with E-state index in [-0.39, 0.29) is 5.75 Å². The van der Waals surface area contributed by atoms with Gasteiger partial charge >= 0.3 is 11.8 Å². The Morgan fingerprint density at radius 3 is 2.52 bits per heavy atom. The van der Waals surface area contributed by atoms with Crippen LogP contribution in [0.3, 0.4) is 0 Å². The van der Waals surface area contributed by atoms with E-state index in [9.17, 15) is 14.9 Å². The molecule has 1 aromatic carbocycles. The van der Waals surface area contributed by atoms with Crippen LogP contribution in [0.1, 0.15) is 33.6 Å². The van der Waals surface area contributed by atoms with E-state index in [0.717, 1.165) is 12.0 Å². The first-order valence-corrected chi connectivity index (χ1v) is 9.22. The first-order chi connectivity index (χ1) is 12.7. The Balaban J connectivity index is 3.23. The number of allylic oxidation sites excluding steroid dienone is 3. The number of rotatable bonds is 10. The third-order valence-electron chi connectivity index (χ3n) is 3.66. The Hall–Kier alpha value is -2.32. The molecule has 0 aliphatic rings. The highest BCUT2D eigenvalue weighted by molar-refractivity contribution is 7.80. The number of carbonyl (C=O) groups excluding carboxylic acids is 1. The number of anilines is 1. The summed E-state index contributed by atoms with van der Waals surface area (Å²) in [5.41, 5.74) is 7.94. The number of nitrogens with two attached hydrogens (primary N) is 1. The lowest BCUT2D eigenvalue weighted by atomic mass is 10.1. The Morgan fingerprint density at radius 1 is 1.37 bits per heavy atom. The molecule has 0 aromatic heterocycles. The molecule has 0 saturated carbocycles. The first-order valence-electron chi connectivity index (χ1n) is 8.59. The molecule has 148 valence electrons. The highest BCUT2D eigenvalue weighted by Crippen LogP contribution is 2.23. The summed E-state index contributed by atoms with van der Waals surface area (Å²) in [6.45, 7) is 5.73. The van der Waals surface area contributed by atoms with Crippen molar-refractivity contribution < 1.29 is 14.5 Å². The Kier molecular flexibility index (Phi) is 9.04. The van der Waals surface area contributed by atoms with Gasteiger partial charge in [-0.15, -0.1) is 0 Å². The maximum absolute atomic E-state index is 12.2. The van der Waals surface area contributed by atoms with E-state index in [0.29, 0.717) is 17.7 Å². The quantitative estimate of drug-likeness (QED) is 0.140. The lowest BCUT2D eigenvalue weighted by Crippen LogP contribution is -2.51. The summed E-state index contributed by atoms with van der Waals surface area (Å²) in [6.07, 6.45) is 4.68. The standard InChI is InChI=1S/C19H27N3O4S/c1-14(2)8-7-9-15(3)12-19(22(24)25,26-18(23)17(20)13-27)21-16-10-5-4-6-11-16/h4-6,8,10-12,17,21,27H,7,9,13,20H2,1-3H3/t17-,19?/m0/s1. The minimum absolute atomic E-state index is 0.0151. The van der Waals surface area contributed by atoms with Gasteiger partial charge < -0.3 is 10.5 Å². The summed E-state index contributed by atoms with van der Waals surface area (Å²) in [4.78, 5) is 23.5. The van der Waals surface area contributed by atoms with Crippen molar-refractivity contribution in [2.24, 2.45) is 5.73 Å². The fourth-order valence-corrected chi connectivity index (χ4v) is 2.40. The second kappa shape index (κ2) is 10.7. The molecule has 27 heavy (non-hydrogen) atoms. The van der Waals surface area contributed by atoms with Gasteiger partial charge in [-0.05, 0) is 45.7 Å². The number of ether oxygens (including phenoxy) is 1. The van der Waals surface area contributed by atoms with Crippen LogP contribution in [0.5, 0.6) is 0 Å². The number of carbonyl (C=O) groups is 1. The zero-order valence-electron chi connectivity index (χ0n) is 15.8. The van der Waals surface area contributed by atoms with E-state index >= 15 is 0 Å². The molecule has 0 heterocycles. The zero-order chi connectivity index (χ0) is 20.4. The van der Waals surface area contributed by atoms with Crippen LogP contribution in [-0.4, -0.2) is 28.5 Å². The molecule has 1 unspecified atom stereocenters. The normalized spacial score (nSPS) is 14.6. The molecule has 0 fully saturated rings. The summed E-state index contributed by atoms with van der Waals surface area (Å²) in [5, 5.41) is 14.7. The van der Waals surface area contributed by atoms with E-state index < -0.39 is 22.8 Å². The second-order valence-electron chi connectivity index (χ2n) is 6.47. The number of benzene rings is 1. The van der Waals surface area contributed by atoms with Crippen LogP contribution in [-0.2, 0) is 9.53 Å². The Bertz CT molecular complexity index is 702. The average Bonchev–Trinajstić information content (AvgIpc) is 2.61. The van der Waals surface area contributed by atoms with Gasteiger partial charge in [0.05, 0.1) is 11.0 Å². The number of nitro groups is 1. The van der Waals surface area contributed by atoms with Crippen LogP contribution in [0, 0.1) is 10.1 Å². The maximum atomic E-state index is 12.2. The number of thiol groups is 1. The number of hydrogen-bond donors (Lipinski definition) is 3. The van der Waals surface area contributed by atoms with Crippen LogP contribution in [0.2, 0.25) is 0 Å². The number of hydrogen-bond acceptors (Lipinski definition) is 7. The van der Waals surface area contributed by atoms with Crippen molar-refractivity contribution in [1.29, 1.82) is 0 Å². The monoisotopic (exact) mass is 393 g/mol. The molecule has 0 aliphatic carbocycles. The topological polar surface area (TPSA) is 107 Å². The molecular formula is C19H27N3O4S. The van der Waals surface area contributed by atoms with E-state index in [4.69, 9.17) is 10.5 Å². The van der Waals surface area contributed by atoms with Gasteiger partial charge in [0.25, 0.3) is 0 Å². The highest BCUT2D eigenvalue weighted by atomic mass is 32.1. The number of nitrogens with one attached hydrogen (secondary N) is 1. The molecule has 0 spiro atoms. The Morgan fingerprint density at radius 2 is 2.00 bits per heavy atom. The second-order valence-corrected chi connectivity index (χ2v) is 6.83. The highest BCUT2D eigenvalue weighted by Gasteiger charge is 2.46. The third kappa shape index (κ3) is 7.44. The van der Waals surface area contributed by atoms with Crippen molar-refractivity contribution in [3.8, 4) is 0 Å². The molecular weight excluding hydrogens is 366 g/mol. The molecule has 0 saturated heterocycles.